The van der Waals surface area contributed by atoms with Crippen LogP contribution in [0.1, 0.15) is 0 Å². The molecule has 0 aliphatic carbocycles. The van der Waals surface area contributed by atoms with Crippen molar-refractivity contribution in [1.82, 2.24) is 4.98 Å². The summed E-state index contributed by atoms with van der Waals surface area (Å²) in [5.74, 6) is -0.415. The number of aromatic nitrogens is 1. The van der Waals surface area contributed by atoms with Crippen LogP contribution in [0.5, 0.6) is 0 Å². The average Bonchev–Trinajstić information content (AvgIpc) is 1.88. The van der Waals surface area contributed by atoms with E-state index in [2.05, 4.69) is 4.98 Å². The number of thioether (sulfide) groups is 1. The first-order valence-electron chi connectivity index (χ1n) is 2.48. The van der Waals surface area contributed by atoms with Gasteiger partial charge in [-0.1, -0.05) is 0 Å². The van der Waals surface area contributed by atoms with Gasteiger partial charge < -0.3 is 0 Å². The molecule has 1 aromatic rings. The van der Waals surface area contributed by atoms with E-state index < -0.39 is 5.95 Å². The second-order valence-electron chi connectivity index (χ2n) is 1.52. The van der Waals surface area contributed by atoms with Crippen molar-refractivity contribution in [1.29, 1.82) is 0 Å². The van der Waals surface area contributed by atoms with Crippen molar-refractivity contribution < 1.29 is 4.39 Å². The Morgan fingerprint density at radius 1 is 1.67 bits per heavy atom. The van der Waals surface area contributed by atoms with Gasteiger partial charge in [-0.05, 0) is 12.3 Å². The number of pyridine rings is 1. The monoisotopic (exact) mass is 143 g/mol. The summed E-state index contributed by atoms with van der Waals surface area (Å²) in [5.41, 5.74) is 0. The first-order chi connectivity index (χ1) is 4.33. The Kier molecular flexibility index (Phi) is 2.05. The topological polar surface area (TPSA) is 12.9 Å². The SMILES string of the molecule is CSc1ccnc(F)c1. The Balaban J connectivity index is 2.94. The molecule has 0 bridgehead atoms. The van der Waals surface area contributed by atoms with Gasteiger partial charge in [0.1, 0.15) is 0 Å². The predicted molar refractivity (Wildman–Crippen MR) is 36.0 cm³/mol. The van der Waals surface area contributed by atoms with Crippen LogP contribution in [-0.2, 0) is 0 Å². The van der Waals surface area contributed by atoms with Crippen LogP contribution in [0.15, 0.2) is 23.2 Å². The summed E-state index contributed by atoms with van der Waals surface area (Å²) in [6, 6.07) is 3.18. The van der Waals surface area contributed by atoms with Gasteiger partial charge in [-0.15, -0.1) is 11.8 Å². The van der Waals surface area contributed by atoms with E-state index in [0.29, 0.717) is 0 Å². The molecule has 0 saturated carbocycles. The van der Waals surface area contributed by atoms with Gasteiger partial charge in [-0.2, -0.15) is 4.39 Å². The van der Waals surface area contributed by atoms with E-state index >= 15 is 0 Å². The molecular weight excluding hydrogens is 137 g/mol. The molecule has 0 amide bonds. The Hall–Kier alpha value is -0.570. The third-order valence-corrected chi connectivity index (χ3v) is 1.66. The smallest absolute Gasteiger partial charge is 0.213 e. The van der Waals surface area contributed by atoms with Gasteiger partial charge in [0.25, 0.3) is 0 Å². The van der Waals surface area contributed by atoms with Crippen LogP contribution in [0.25, 0.3) is 0 Å². The van der Waals surface area contributed by atoms with Gasteiger partial charge in [0, 0.05) is 17.2 Å². The van der Waals surface area contributed by atoms with Gasteiger partial charge in [-0.3, -0.25) is 0 Å². The molecule has 0 N–H and O–H groups in total. The van der Waals surface area contributed by atoms with Crippen LogP contribution in [0.2, 0.25) is 0 Å². The van der Waals surface area contributed by atoms with Gasteiger partial charge in [0.05, 0.1) is 0 Å². The van der Waals surface area contributed by atoms with Crippen molar-refractivity contribution in [3.05, 3.63) is 24.3 Å². The zero-order chi connectivity index (χ0) is 6.69. The first kappa shape index (κ1) is 6.55. The lowest BCUT2D eigenvalue weighted by Gasteiger charge is -1.91. The summed E-state index contributed by atoms with van der Waals surface area (Å²) in [7, 11) is 0. The van der Waals surface area contributed by atoms with Crippen LogP contribution in [0, 0.1) is 5.95 Å². The standard InChI is InChI=1S/C6H6FNS/c1-9-5-2-3-8-6(7)4-5/h2-4H,1H3. The Morgan fingerprint density at radius 3 is 2.89 bits per heavy atom. The fourth-order valence-electron chi connectivity index (χ4n) is 0.512. The summed E-state index contributed by atoms with van der Waals surface area (Å²) < 4.78 is 12.2. The van der Waals surface area contributed by atoms with Gasteiger partial charge in [0.2, 0.25) is 5.95 Å². The minimum Gasteiger partial charge on any atom is -0.228 e. The molecule has 48 valence electrons. The number of halogens is 1. The Bertz CT molecular complexity index is 202. The highest BCUT2D eigenvalue weighted by molar-refractivity contribution is 7.98. The molecule has 0 aliphatic heterocycles. The average molecular weight is 143 g/mol. The van der Waals surface area contributed by atoms with E-state index in [4.69, 9.17) is 0 Å². The minimum absolute atomic E-state index is 0.415. The normalized spacial score (nSPS) is 9.56. The summed E-state index contributed by atoms with van der Waals surface area (Å²) in [6.07, 6.45) is 3.36. The summed E-state index contributed by atoms with van der Waals surface area (Å²) in [4.78, 5) is 4.31. The van der Waals surface area contributed by atoms with Crippen molar-refractivity contribution in [3.63, 3.8) is 0 Å². The maximum absolute atomic E-state index is 12.2. The van der Waals surface area contributed by atoms with Crippen molar-refractivity contribution in [2.75, 3.05) is 6.26 Å². The molecule has 0 fully saturated rings. The van der Waals surface area contributed by atoms with E-state index in [0.717, 1.165) is 4.90 Å². The third-order valence-electron chi connectivity index (χ3n) is 0.934. The lowest BCUT2D eigenvalue weighted by Crippen LogP contribution is -1.79. The zero-order valence-electron chi connectivity index (χ0n) is 4.97. The quantitative estimate of drug-likeness (QED) is 0.440. The fourth-order valence-corrected chi connectivity index (χ4v) is 0.924. The molecule has 0 aromatic carbocycles. The second kappa shape index (κ2) is 2.82. The first-order valence-corrected chi connectivity index (χ1v) is 3.71. The zero-order valence-corrected chi connectivity index (χ0v) is 5.78. The summed E-state index contributed by atoms with van der Waals surface area (Å²) >= 11 is 1.50. The highest BCUT2D eigenvalue weighted by atomic mass is 32.2. The van der Waals surface area contributed by atoms with Crippen molar-refractivity contribution in [2.45, 2.75) is 4.90 Å². The lowest BCUT2D eigenvalue weighted by atomic mass is 10.5. The molecule has 0 aliphatic rings. The van der Waals surface area contributed by atoms with Crippen LogP contribution >= 0.6 is 11.8 Å². The molecule has 0 atom stereocenters. The van der Waals surface area contributed by atoms with Crippen molar-refractivity contribution in [3.8, 4) is 0 Å². The molecular formula is C6H6FNS. The van der Waals surface area contributed by atoms with Gasteiger partial charge in [0.15, 0.2) is 0 Å². The maximum Gasteiger partial charge on any atom is 0.213 e. The molecule has 1 heterocycles. The molecule has 0 spiro atoms. The van der Waals surface area contributed by atoms with E-state index in [9.17, 15) is 4.39 Å². The summed E-state index contributed by atoms with van der Waals surface area (Å²) in [6.45, 7) is 0. The summed E-state index contributed by atoms with van der Waals surface area (Å²) in [5, 5.41) is 0. The van der Waals surface area contributed by atoms with Crippen molar-refractivity contribution >= 4 is 11.8 Å². The molecule has 1 aromatic heterocycles. The lowest BCUT2D eigenvalue weighted by molar-refractivity contribution is 0.580. The van der Waals surface area contributed by atoms with E-state index in [1.54, 1.807) is 6.07 Å². The molecule has 0 unspecified atom stereocenters. The largest absolute Gasteiger partial charge is 0.228 e. The highest BCUT2D eigenvalue weighted by Gasteiger charge is 1.90. The van der Waals surface area contributed by atoms with E-state index in [1.807, 2.05) is 6.26 Å². The van der Waals surface area contributed by atoms with Gasteiger partial charge in [-0.25, -0.2) is 4.98 Å². The van der Waals surface area contributed by atoms with Crippen LogP contribution < -0.4 is 0 Å². The minimum atomic E-state index is -0.415. The van der Waals surface area contributed by atoms with E-state index in [-0.39, 0.29) is 0 Å². The predicted octanol–water partition coefficient (Wildman–Crippen LogP) is 1.94. The molecule has 0 saturated heterocycles. The van der Waals surface area contributed by atoms with Gasteiger partial charge >= 0.3 is 0 Å². The van der Waals surface area contributed by atoms with Crippen LogP contribution in [-0.4, -0.2) is 11.2 Å². The highest BCUT2D eigenvalue weighted by Crippen LogP contribution is 2.12. The Morgan fingerprint density at radius 2 is 2.44 bits per heavy atom. The molecule has 9 heavy (non-hydrogen) atoms. The van der Waals surface area contributed by atoms with E-state index in [1.165, 1.54) is 24.0 Å². The number of rotatable bonds is 1. The molecule has 3 heteroatoms. The second-order valence-corrected chi connectivity index (χ2v) is 2.40. The molecule has 0 radical (unpaired) electrons. The number of hydrogen-bond acceptors (Lipinski definition) is 2. The molecule has 1 nitrogen and oxygen atoms in total. The Labute approximate surface area is 57.3 Å². The van der Waals surface area contributed by atoms with Crippen LogP contribution in [0.3, 0.4) is 0 Å². The maximum atomic E-state index is 12.2. The number of hydrogen-bond donors (Lipinski definition) is 0. The molecule has 1 rings (SSSR count). The third kappa shape index (κ3) is 1.68. The fraction of sp³-hybridized carbons (Fsp3) is 0.167. The number of nitrogens with zero attached hydrogens (tertiary/aromatic N) is 1. The van der Waals surface area contributed by atoms with Crippen LogP contribution in [0.4, 0.5) is 4.39 Å². The van der Waals surface area contributed by atoms with Crippen molar-refractivity contribution in [2.24, 2.45) is 0 Å².